The molecule has 1 aromatic heterocycles. The van der Waals surface area contributed by atoms with Crippen LogP contribution >= 0.6 is 11.3 Å². The van der Waals surface area contributed by atoms with Gasteiger partial charge in [-0.1, -0.05) is 18.2 Å². The Labute approximate surface area is 118 Å². The Bertz CT molecular complexity index is 630. The topological polar surface area (TPSA) is 46.5 Å². The van der Waals surface area contributed by atoms with E-state index < -0.39 is 11.9 Å². The van der Waals surface area contributed by atoms with Crippen molar-refractivity contribution in [1.82, 2.24) is 0 Å². The minimum Gasteiger partial charge on any atom is -0.477 e. The second-order valence-corrected chi connectivity index (χ2v) is 5.34. The summed E-state index contributed by atoms with van der Waals surface area (Å²) in [4.78, 5) is 10.7. The van der Waals surface area contributed by atoms with Crippen molar-refractivity contribution in [2.45, 2.75) is 19.8 Å². The van der Waals surface area contributed by atoms with Crippen LogP contribution in [0.5, 0.6) is 11.5 Å². The van der Waals surface area contributed by atoms with Crippen molar-refractivity contribution in [2.75, 3.05) is 0 Å². The molecule has 1 N–H and O–H groups in total. The first-order chi connectivity index (χ1) is 9.30. The van der Waals surface area contributed by atoms with Crippen LogP contribution in [0.4, 0.5) is 8.78 Å². The number of alkyl halides is 2. The third-order valence-electron chi connectivity index (χ3n) is 2.65. The van der Waals surface area contributed by atoms with E-state index in [0.29, 0.717) is 17.1 Å². The maximum atomic E-state index is 13.5. The van der Waals surface area contributed by atoms with Crippen LogP contribution in [0, 0.1) is 6.92 Å². The molecule has 0 aliphatic carbocycles. The number of thiophene rings is 1. The summed E-state index contributed by atoms with van der Waals surface area (Å²) in [5.74, 6) is -4.00. The van der Waals surface area contributed by atoms with Gasteiger partial charge in [0.05, 0.1) is 4.88 Å². The van der Waals surface area contributed by atoms with Gasteiger partial charge in [-0.3, -0.25) is 0 Å². The van der Waals surface area contributed by atoms with Gasteiger partial charge in [0.1, 0.15) is 5.75 Å². The molecule has 2 rings (SSSR count). The quantitative estimate of drug-likeness (QED) is 0.893. The van der Waals surface area contributed by atoms with Gasteiger partial charge >= 0.3 is 5.97 Å². The number of halogens is 2. The van der Waals surface area contributed by atoms with Crippen molar-refractivity contribution in [3.8, 4) is 11.5 Å². The van der Waals surface area contributed by atoms with E-state index in [1.54, 1.807) is 30.3 Å². The zero-order chi connectivity index (χ0) is 14.9. The van der Waals surface area contributed by atoms with Gasteiger partial charge in [-0.05, 0) is 19.1 Å². The highest BCUT2D eigenvalue weighted by Gasteiger charge is 2.34. The minimum atomic E-state index is -3.10. The number of hydrogen-bond donors (Lipinski definition) is 1. The highest BCUT2D eigenvalue weighted by atomic mass is 32.1. The molecule has 0 aliphatic heterocycles. The average Bonchev–Trinajstić information content (AvgIpc) is 2.68. The van der Waals surface area contributed by atoms with Gasteiger partial charge in [0.25, 0.3) is 5.92 Å². The van der Waals surface area contributed by atoms with Crippen molar-refractivity contribution in [2.24, 2.45) is 0 Å². The number of hydrogen-bond acceptors (Lipinski definition) is 3. The van der Waals surface area contributed by atoms with Gasteiger partial charge in [0.15, 0.2) is 10.6 Å². The summed E-state index contributed by atoms with van der Waals surface area (Å²) < 4.78 is 32.4. The van der Waals surface area contributed by atoms with Crippen molar-refractivity contribution >= 4 is 17.3 Å². The van der Waals surface area contributed by atoms with Gasteiger partial charge in [-0.2, -0.15) is 0 Å². The number of aromatic carboxylic acids is 1. The van der Waals surface area contributed by atoms with E-state index in [1.165, 1.54) is 6.92 Å². The average molecular weight is 298 g/mol. The number of carboxylic acid groups (broad SMARTS) is 1. The first kappa shape index (κ1) is 14.5. The number of rotatable bonds is 4. The predicted molar refractivity (Wildman–Crippen MR) is 72.1 cm³/mol. The smallest absolute Gasteiger partial charge is 0.349 e. The molecule has 0 saturated heterocycles. The summed E-state index contributed by atoms with van der Waals surface area (Å²) in [7, 11) is 0. The zero-order valence-electron chi connectivity index (χ0n) is 10.8. The standard InChI is InChI=1S/C14H12F2O3S/c1-8-10(19-9-6-4-3-5-7-9)11(13(17)18)20-12(8)14(2,15)16/h3-7H,1-2H3,(H,17,18). The summed E-state index contributed by atoms with van der Waals surface area (Å²) in [6, 6.07) is 8.47. The molecular formula is C14H12F2O3S. The summed E-state index contributed by atoms with van der Waals surface area (Å²) >= 11 is 0.546. The van der Waals surface area contributed by atoms with Crippen LogP contribution < -0.4 is 4.74 Å². The first-order valence-electron chi connectivity index (χ1n) is 5.78. The van der Waals surface area contributed by atoms with Crippen LogP contribution in [0.1, 0.15) is 27.0 Å². The molecule has 3 nitrogen and oxygen atoms in total. The van der Waals surface area contributed by atoms with Gasteiger partial charge < -0.3 is 9.84 Å². The van der Waals surface area contributed by atoms with Gasteiger partial charge in [-0.15, -0.1) is 11.3 Å². The molecular weight excluding hydrogens is 286 g/mol. The molecule has 20 heavy (non-hydrogen) atoms. The van der Waals surface area contributed by atoms with E-state index in [4.69, 9.17) is 9.84 Å². The predicted octanol–water partition coefficient (Wildman–Crippen LogP) is 4.66. The number of carbonyl (C=O) groups is 1. The normalized spacial score (nSPS) is 11.4. The molecule has 0 fully saturated rings. The second kappa shape index (κ2) is 5.20. The fourth-order valence-electron chi connectivity index (χ4n) is 1.79. The van der Waals surface area contributed by atoms with Crippen molar-refractivity contribution in [1.29, 1.82) is 0 Å². The molecule has 2 aromatic rings. The highest BCUT2D eigenvalue weighted by molar-refractivity contribution is 7.14. The van der Waals surface area contributed by atoms with Crippen LogP contribution in [0.15, 0.2) is 30.3 Å². The number of carboxylic acids is 1. The van der Waals surface area contributed by atoms with Gasteiger partial charge in [0, 0.05) is 12.5 Å². The Morgan fingerprint density at radius 3 is 2.40 bits per heavy atom. The largest absolute Gasteiger partial charge is 0.477 e. The molecule has 0 radical (unpaired) electrons. The zero-order valence-corrected chi connectivity index (χ0v) is 11.6. The first-order valence-corrected chi connectivity index (χ1v) is 6.60. The Balaban J connectivity index is 2.51. The molecule has 0 amide bonds. The van der Waals surface area contributed by atoms with E-state index >= 15 is 0 Å². The molecule has 106 valence electrons. The molecule has 0 atom stereocenters. The van der Waals surface area contributed by atoms with Gasteiger partial charge in [-0.25, -0.2) is 13.6 Å². The van der Waals surface area contributed by atoms with Crippen molar-refractivity contribution in [3.63, 3.8) is 0 Å². The second-order valence-electron chi connectivity index (χ2n) is 4.32. The number of para-hydroxylation sites is 1. The van der Waals surface area contributed by atoms with Crippen molar-refractivity contribution < 1.29 is 23.4 Å². The Hall–Kier alpha value is -1.95. The number of ether oxygens (including phenoxy) is 1. The molecule has 1 heterocycles. The van der Waals surface area contributed by atoms with Crippen LogP contribution in [0.3, 0.4) is 0 Å². The van der Waals surface area contributed by atoms with E-state index in [-0.39, 0.29) is 21.1 Å². The summed E-state index contributed by atoms with van der Waals surface area (Å²) in [5, 5.41) is 9.13. The fraction of sp³-hybridized carbons (Fsp3) is 0.214. The fourth-order valence-corrected chi connectivity index (χ4v) is 2.79. The van der Waals surface area contributed by atoms with Gasteiger partial charge in [0.2, 0.25) is 0 Å². The van der Waals surface area contributed by atoms with Crippen LogP contribution in [-0.4, -0.2) is 11.1 Å². The third kappa shape index (κ3) is 2.80. The van der Waals surface area contributed by atoms with Crippen molar-refractivity contribution in [3.05, 3.63) is 45.6 Å². The SMILES string of the molecule is Cc1c(C(C)(F)F)sc(C(=O)O)c1Oc1ccccc1. The van der Waals surface area contributed by atoms with Crippen LogP contribution in [-0.2, 0) is 5.92 Å². The summed E-state index contributed by atoms with van der Waals surface area (Å²) in [5.41, 5.74) is 0.156. The maximum Gasteiger partial charge on any atom is 0.349 e. The Morgan fingerprint density at radius 1 is 1.30 bits per heavy atom. The lowest BCUT2D eigenvalue weighted by Crippen LogP contribution is -2.05. The van der Waals surface area contributed by atoms with E-state index in [9.17, 15) is 13.6 Å². The lowest BCUT2D eigenvalue weighted by atomic mass is 10.2. The highest BCUT2D eigenvalue weighted by Crippen LogP contribution is 2.44. The lowest BCUT2D eigenvalue weighted by molar-refractivity contribution is 0.0208. The maximum absolute atomic E-state index is 13.5. The molecule has 0 bridgehead atoms. The Kier molecular flexibility index (Phi) is 3.76. The van der Waals surface area contributed by atoms with E-state index in [0.717, 1.165) is 6.92 Å². The molecule has 6 heteroatoms. The van der Waals surface area contributed by atoms with Crippen LogP contribution in [0.25, 0.3) is 0 Å². The third-order valence-corrected chi connectivity index (χ3v) is 4.08. The molecule has 1 aromatic carbocycles. The molecule has 0 aliphatic rings. The van der Waals surface area contributed by atoms with E-state index in [2.05, 4.69) is 0 Å². The summed E-state index contributed by atoms with van der Waals surface area (Å²) in [6.45, 7) is 2.18. The van der Waals surface area contributed by atoms with E-state index in [1.807, 2.05) is 0 Å². The molecule has 0 unspecified atom stereocenters. The lowest BCUT2D eigenvalue weighted by Gasteiger charge is -2.10. The summed E-state index contributed by atoms with van der Waals surface area (Å²) in [6.07, 6.45) is 0. The van der Waals surface area contributed by atoms with Crippen LogP contribution in [0.2, 0.25) is 0 Å². The monoisotopic (exact) mass is 298 g/mol. The molecule has 0 spiro atoms. The Morgan fingerprint density at radius 2 is 1.90 bits per heavy atom. The number of benzene rings is 1. The minimum absolute atomic E-state index is 0.0229. The molecule has 0 saturated carbocycles.